The van der Waals surface area contributed by atoms with E-state index < -0.39 is 10.8 Å². The smallest absolute Gasteiger partial charge is 0.232 e. The number of amides is 1. The molecule has 0 aliphatic heterocycles. The van der Waals surface area contributed by atoms with Gasteiger partial charge in [-0.05, 0) is 6.92 Å². The summed E-state index contributed by atoms with van der Waals surface area (Å²) in [7, 11) is 0.402. The lowest BCUT2D eigenvalue weighted by Crippen LogP contribution is -2.30. The molecule has 1 amide bonds. The zero-order valence-corrected chi connectivity index (χ0v) is 7.61. The fraction of sp³-hybridized carbons (Fsp3) is 0.833. The van der Waals surface area contributed by atoms with Gasteiger partial charge in [0.25, 0.3) is 0 Å². The van der Waals surface area contributed by atoms with Gasteiger partial charge in [-0.1, -0.05) is 0 Å². The third-order valence-electron chi connectivity index (χ3n) is 1.02. The number of nitrogens with two attached hydrogens (primary N) is 1. The molecule has 0 saturated heterocycles. The second kappa shape index (κ2) is 5.26. The van der Waals surface area contributed by atoms with Crippen molar-refractivity contribution in [3.63, 3.8) is 0 Å². The van der Waals surface area contributed by atoms with E-state index in [2.05, 4.69) is 5.32 Å². The molecular formula is C6H14N2O2S. The monoisotopic (exact) mass is 178 g/mol. The van der Waals surface area contributed by atoms with E-state index in [9.17, 15) is 9.00 Å². The molecule has 0 fully saturated rings. The molecule has 2 unspecified atom stereocenters. The molecule has 11 heavy (non-hydrogen) atoms. The molecule has 0 aliphatic carbocycles. The number of carbonyl (C=O) groups excluding carboxylic acids is 1. The molecule has 0 radical (unpaired) electrons. The van der Waals surface area contributed by atoms with Crippen LogP contribution in [0.3, 0.4) is 0 Å². The van der Waals surface area contributed by atoms with Crippen LogP contribution < -0.4 is 11.1 Å². The summed E-state index contributed by atoms with van der Waals surface area (Å²) in [6, 6.07) is -0.111. The first-order valence-corrected chi connectivity index (χ1v) is 4.86. The average Bonchev–Trinajstić information content (AvgIpc) is 1.85. The molecule has 0 aliphatic rings. The van der Waals surface area contributed by atoms with Gasteiger partial charge in [0, 0.05) is 29.6 Å². The van der Waals surface area contributed by atoms with E-state index in [-0.39, 0.29) is 17.7 Å². The summed E-state index contributed by atoms with van der Waals surface area (Å²) in [4.78, 5) is 10.7. The molecule has 0 spiro atoms. The number of rotatable bonds is 4. The SMILES string of the molecule is CNC(=O)CS(=O)CC(C)N. The summed E-state index contributed by atoms with van der Waals surface area (Å²) in [5.74, 6) is 0.231. The third-order valence-corrected chi connectivity index (χ3v) is 2.50. The van der Waals surface area contributed by atoms with Gasteiger partial charge in [0.15, 0.2) is 0 Å². The van der Waals surface area contributed by atoms with Crippen molar-refractivity contribution in [2.24, 2.45) is 5.73 Å². The topological polar surface area (TPSA) is 72.2 Å². The maximum absolute atomic E-state index is 11.0. The highest BCUT2D eigenvalue weighted by molar-refractivity contribution is 7.85. The maximum Gasteiger partial charge on any atom is 0.232 e. The number of hydrogen-bond acceptors (Lipinski definition) is 3. The Hall–Kier alpha value is -0.420. The Morgan fingerprint density at radius 3 is 2.64 bits per heavy atom. The lowest BCUT2D eigenvalue weighted by Gasteiger charge is -2.03. The fourth-order valence-electron chi connectivity index (χ4n) is 0.571. The highest BCUT2D eigenvalue weighted by Gasteiger charge is 2.07. The molecule has 0 aromatic heterocycles. The molecule has 66 valence electrons. The van der Waals surface area contributed by atoms with E-state index >= 15 is 0 Å². The van der Waals surface area contributed by atoms with Gasteiger partial charge in [0.2, 0.25) is 5.91 Å². The highest BCUT2D eigenvalue weighted by atomic mass is 32.2. The molecule has 5 heteroatoms. The van der Waals surface area contributed by atoms with Gasteiger partial charge in [-0.25, -0.2) is 0 Å². The van der Waals surface area contributed by atoms with Crippen LogP contribution in [0.2, 0.25) is 0 Å². The van der Waals surface area contributed by atoms with E-state index in [1.165, 1.54) is 7.05 Å². The van der Waals surface area contributed by atoms with E-state index in [0.717, 1.165) is 0 Å². The zero-order valence-electron chi connectivity index (χ0n) is 6.79. The van der Waals surface area contributed by atoms with Crippen LogP contribution in [-0.4, -0.2) is 34.7 Å². The second-order valence-electron chi connectivity index (χ2n) is 2.40. The van der Waals surface area contributed by atoms with Gasteiger partial charge in [0.1, 0.15) is 5.75 Å². The van der Waals surface area contributed by atoms with Gasteiger partial charge in [-0.3, -0.25) is 9.00 Å². The van der Waals surface area contributed by atoms with Crippen LogP contribution in [0.15, 0.2) is 0 Å². The fourth-order valence-corrected chi connectivity index (χ4v) is 1.71. The van der Waals surface area contributed by atoms with Gasteiger partial charge >= 0.3 is 0 Å². The molecule has 4 nitrogen and oxygen atoms in total. The van der Waals surface area contributed by atoms with E-state index in [1.54, 1.807) is 6.92 Å². The van der Waals surface area contributed by atoms with Crippen molar-refractivity contribution >= 4 is 16.7 Å². The standard InChI is InChI=1S/C6H14N2O2S/c1-5(7)3-11(10)4-6(9)8-2/h5H,3-4,7H2,1-2H3,(H,8,9). The van der Waals surface area contributed by atoms with E-state index in [1.807, 2.05) is 0 Å². The largest absolute Gasteiger partial charge is 0.358 e. The van der Waals surface area contributed by atoms with Gasteiger partial charge in [-0.2, -0.15) is 0 Å². The van der Waals surface area contributed by atoms with Crippen molar-refractivity contribution in [1.82, 2.24) is 5.32 Å². The average molecular weight is 178 g/mol. The molecule has 0 bridgehead atoms. The molecule has 2 atom stereocenters. The molecule has 0 aromatic rings. The quantitative estimate of drug-likeness (QED) is 0.569. The van der Waals surface area contributed by atoms with Crippen molar-refractivity contribution < 1.29 is 9.00 Å². The first-order valence-electron chi connectivity index (χ1n) is 3.37. The van der Waals surface area contributed by atoms with E-state index in [0.29, 0.717) is 5.75 Å². The van der Waals surface area contributed by atoms with Crippen molar-refractivity contribution in [1.29, 1.82) is 0 Å². The zero-order chi connectivity index (χ0) is 8.85. The highest BCUT2D eigenvalue weighted by Crippen LogP contribution is 1.85. The predicted molar refractivity (Wildman–Crippen MR) is 45.6 cm³/mol. The Kier molecular flexibility index (Phi) is 5.06. The van der Waals surface area contributed by atoms with Gasteiger partial charge in [0.05, 0.1) is 0 Å². The normalized spacial score (nSPS) is 15.5. The molecule has 3 N–H and O–H groups in total. The Bertz CT molecular complexity index is 159. The number of hydrogen-bond donors (Lipinski definition) is 2. The molecule has 0 saturated carbocycles. The first kappa shape index (κ1) is 10.6. The minimum absolute atomic E-state index is 0.0536. The first-order chi connectivity index (χ1) is 5.06. The molecular weight excluding hydrogens is 164 g/mol. The Morgan fingerprint density at radius 2 is 2.27 bits per heavy atom. The summed E-state index contributed by atoms with van der Waals surface area (Å²) in [6.45, 7) is 1.77. The summed E-state index contributed by atoms with van der Waals surface area (Å²) in [6.07, 6.45) is 0. The molecule has 0 aromatic carbocycles. The van der Waals surface area contributed by atoms with Crippen LogP contribution >= 0.6 is 0 Å². The summed E-state index contributed by atoms with van der Waals surface area (Å²) in [5, 5.41) is 2.40. The minimum atomic E-state index is -1.12. The number of nitrogens with one attached hydrogen (secondary N) is 1. The molecule has 0 heterocycles. The van der Waals surface area contributed by atoms with Gasteiger partial charge in [-0.15, -0.1) is 0 Å². The van der Waals surface area contributed by atoms with Crippen molar-refractivity contribution in [2.45, 2.75) is 13.0 Å². The Labute approximate surface area is 69.0 Å². The van der Waals surface area contributed by atoms with Crippen molar-refractivity contribution in [3.8, 4) is 0 Å². The van der Waals surface area contributed by atoms with Crippen LogP contribution in [-0.2, 0) is 15.6 Å². The van der Waals surface area contributed by atoms with Crippen LogP contribution in [0.5, 0.6) is 0 Å². The summed E-state index contributed by atoms with van der Waals surface area (Å²) < 4.78 is 11.0. The van der Waals surface area contributed by atoms with E-state index in [4.69, 9.17) is 5.73 Å². The Morgan fingerprint density at radius 1 is 1.73 bits per heavy atom. The predicted octanol–water partition coefficient (Wildman–Crippen LogP) is -1.17. The second-order valence-corrected chi connectivity index (χ2v) is 3.90. The van der Waals surface area contributed by atoms with Crippen molar-refractivity contribution in [2.75, 3.05) is 18.6 Å². The minimum Gasteiger partial charge on any atom is -0.358 e. The van der Waals surface area contributed by atoms with Crippen LogP contribution in [0, 0.1) is 0 Å². The maximum atomic E-state index is 11.0. The van der Waals surface area contributed by atoms with Crippen LogP contribution in [0.1, 0.15) is 6.92 Å². The summed E-state index contributed by atoms with van der Waals surface area (Å²) in [5.41, 5.74) is 5.39. The van der Waals surface area contributed by atoms with Crippen LogP contribution in [0.25, 0.3) is 0 Å². The van der Waals surface area contributed by atoms with Crippen molar-refractivity contribution in [3.05, 3.63) is 0 Å². The lowest BCUT2D eigenvalue weighted by molar-refractivity contribution is -0.118. The summed E-state index contributed by atoms with van der Waals surface area (Å²) >= 11 is 0. The third kappa shape index (κ3) is 6.00. The van der Waals surface area contributed by atoms with Crippen LogP contribution in [0.4, 0.5) is 0 Å². The number of carbonyl (C=O) groups is 1. The Balaban J connectivity index is 3.61. The van der Waals surface area contributed by atoms with Gasteiger partial charge < -0.3 is 11.1 Å². The molecule has 0 rings (SSSR count). The lowest BCUT2D eigenvalue weighted by atomic mass is 10.4.